The summed E-state index contributed by atoms with van der Waals surface area (Å²) >= 11 is 6.73. The van der Waals surface area contributed by atoms with Crippen LogP contribution in [-0.2, 0) is 19.1 Å². The summed E-state index contributed by atoms with van der Waals surface area (Å²) in [4.78, 5) is 50.0. The number of aryl methyl sites for hydroxylation is 1. The van der Waals surface area contributed by atoms with Gasteiger partial charge in [0.1, 0.15) is 17.4 Å². The first-order valence-electron chi connectivity index (χ1n) is 16.9. The first-order valence-corrected chi connectivity index (χ1v) is 17.2. The van der Waals surface area contributed by atoms with Gasteiger partial charge in [-0.3, -0.25) is 14.4 Å². The minimum atomic E-state index is -1.51. The summed E-state index contributed by atoms with van der Waals surface area (Å²) in [6.07, 6.45) is 7.87. The molecule has 4 aliphatic rings. The maximum Gasteiger partial charge on any atom is 0.253 e. The zero-order valence-corrected chi connectivity index (χ0v) is 28.5. The number of benzene rings is 3. The van der Waals surface area contributed by atoms with Crippen molar-refractivity contribution in [3.8, 4) is 5.75 Å². The molecule has 4 heterocycles. The second-order valence-corrected chi connectivity index (χ2v) is 13.4. The highest BCUT2D eigenvalue weighted by molar-refractivity contribution is 6.34. The lowest BCUT2D eigenvalue weighted by atomic mass is 9.73. The fraction of sp³-hybridized carbons (Fsp3) is 0.359. The topological polar surface area (TPSA) is 99.6 Å². The van der Waals surface area contributed by atoms with E-state index in [0.29, 0.717) is 40.7 Å². The van der Waals surface area contributed by atoms with Crippen LogP contribution in [0.4, 0.5) is 11.4 Å². The van der Waals surface area contributed by atoms with Crippen molar-refractivity contribution < 1.29 is 29.0 Å². The van der Waals surface area contributed by atoms with Crippen LogP contribution in [-0.4, -0.2) is 71.3 Å². The van der Waals surface area contributed by atoms with Gasteiger partial charge in [0.2, 0.25) is 11.8 Å². The van der Waals surface area contributed by atoms with Crippen LogP contribution in [0.25, 0.3) is 0 Å². The molecule has 1 N–H and O–H groups in total. The fourth-order valence-corrected chi connectivity index (χ4v) is 8.68. The van der Waals surface area contributed by atoms with Gasteiger partial charge >= 0.3 is 0 Å². The lowest BCUT2D eigenvalue weighted by molar-refractivity contribution is -0.149. The Hall–Kier alpha value is -4.44. The van der Waals surface area contributed by atoms with Gasteiger partial charge in [0.15, 0.2) is 0 Å². The SMILES string of the molecule is CCOc1ccc(N2CC=C[C@]3(CC)O[C@]45C=CCN(c6c(C)cccc6Cl)C(=O)C4N([C@H](CO)c4ccccc4)C(=O)[C@@H]5[C@@H]3C2=O)cc1. The van der Waals surface area contributed by atoms with Gasteiger partial charge in [-0.25, -0.2) is 0 Å². The molecular weight excluding hydrogens is 642 g/mol. The number of nitrogens with zero attached hydrogens (tertiary/aromatic N) is 3. The maximum atomic E-state index is 15.2. The van der Waals surface area contributed by atoms with Crippen molar-refractivity contribution in [2.75, 3.05) is 36.1 Å². The molecule has 4 aliphatic heterocycles. The number of amides is 3. The zero-order valence-electron chi connectivity index (χ0n) is 27.8. The van der Waals surface area contributed by atoms with Crippen LogP contribution in [0.3, 0.4) is 0 Å². The van der Waals surface area contributed by atoms with Crippen LogP contribution in [0.5, 0.6) is 5.75 Å². The van der Waals surface area contributed by atoms with E-state index < -0.39 is 53.5 Å². The van der Waals surface area contributed by atoms with Crippen LogP contribution in [0.15, 0.2) is 97.1 Å². The van der Waals surface area contributed by atoms with Crippen LogP contribution < -0.4 is 14.5 Å². The van der Waals surface area contributed by atoms with Crippen molar-refractivity contribution >= 4 is 40.7 Å². The van der Waals surface area contributed by atoms with Crippen molar-refractivity contribution in [1.82, 2.24) is 4.90 Å². The highest BCUT2D eigenvalue weighted by Gasteiger charge is 2.76. The Bertz CT molecular complexity index is 1810. The Balaban J connectivity index is 1.40. The van der Waals surface area contributed by atoms with E-state index in [4.69, 9.17) is 21.1 Å². The minimum Gasteiger partial charge on any atom is -0.494 e. The number of para-hydroxylation sites is 1. The molecule has 1 spiro atoms. The smallest absolute Gasteiger partial charge is 0.253 e. The average Bonchev–Trinajstić information content (AvgIpc) is 3.40. The molecule has 6 atom stereocenters. The van der Waals surface area contributed by atoms with Crippen molar-refractivity contribution in [1.29, 1.82) is 0 Å². The summed E-state index contributed by atoms with van der Waals surface area (Å²) in [7, 11) is 0. The number of hydrogen-bond acceptors (Lipinski definition) is 6. The van der Waals surface area contributed by atoms with E-state index in [0.717, 1.165) is 5.56 Å². The Morgan fingerprint density at radius 1 is 0.878 bits per heavy atom. The molecule has 0 bridgehead atoms. The summed E-state index contributed by atoms with van der Waals surface area (Å²) in [6, 6.07) is 19.9. The first kappa shape index (κ1) is 33.1. The number of halogens is 1. The molecule has 3 amide bonds. The molecule has 3 aromatic carbocycles. The monoisotopic (exact) mass is 681 g/mol. The third-order valence-corrected chi connectivity index (χ3v) is 10.8. The number of rotatable bonds is 8. The van der Waals surface area contributed by atoms with E-state index in [1.165, 1.54) is 4.90 Å². The third kappa shape index (κ3) is 5.09. The van der Waals surface area contributed by atoms with Crippen molar-refractivity contribution in [3.05, 3.63) is 113 Å². The fourth-order valence-electron chi connectivity index (χ4n) is 8.35. The third-order valence-electron chi connectivity index (χ3n) is 10.5. The largest absolute Gasteiger partial charge is 0.494 e. The number of likely N-dealkylation sites (tertiary alicyclic amines) is 1. The molecule has 9 nitrogen and oxygen atoms in total. The molecule has 2 saturated heterocycles. The van der Waals surface area contributed by atoms with Crippen LogP contribution >= 0.6 is 11.6 Å². The molecule has 0 radical (unpaired) electrons. The summed E-state index contributed by atoms with van der Waals surface area (Å²) in [5, 5.41) is 11.3. The molecule has 10 heteroatoms. The molecular formula is C39H40ClN3O6. The average molecular weight is 682 g/mol. The molecule has 2 fully saturated rings. The molecule has 7 rings (SSSR count). The van der Waals surface area contributed by atoms with E-state index in [2.05, 4.69) is 0 Å². The summed E-state index contributed by atoms with van der Waals surface area (Å²) < 4.78 is 12.8. The van der Waals surface area contributed by atoms with Crippen LogP contribution in [0.1, 0.15) is 37.4 Å². The molecule has 0 saturated carbocycles. The predicted molar refractivity (Wildman–Crippen MR) is 188 cm³/mol. The Kier molecular flexibility index (Phi) is 8.63. The normalized spacial score (nSPS) is 28.2. The second kappa shape index (κ2) is 12.8. The van der Waals surface area contributed by atoms with Crippen molar-refractivity contribution in [3.63, 3.8) is 0 Å². The quantitative estimate of drug-likeness (QED) is 0.309. The van der Waals surface area contributed by atoms with Gasteiger partial charge < -0.3 is 29.3 Å². The van der Waals surface area contributed by atoms with Gasteiger partial charge in [-0.2, -0.15) is 0 Å². The molecule has 254 valence electrons. The van der Waals surface area contributed by atoms with Gasteiger partial charge in [0.25, 0.3) is 5.91 Å². The number of carbonyl (C=O) groups is 3. The Morgan fingerprint density at radius 2 is 1.59 bits per heavy atom. The minimum absolute atomic E-state index is 0.181. The maximum absolute atomic E-state index is 15.2. The molecule has 1 unspecified atom stereocenters. The Labute approximate surface area is 291 Å². The van der Waals surface area contributed by atoms with Gasteiger partial charge in [-0.15, -0.1) is 0 Å². The lowest BCUT2D eigenvalue weighted by Gasteiger charge is -2.41. The summed E-state index contributed by atoms with van der Waals surface area (Å²) in [5.41, 5.74) is -0.00498. The van der Waals surface area contributed by atoms with Gasteiger partial charge in [-0.05, 0) is 61.7 Å². The Morgan fingerprint density at radius 3 is 2.27 bits per heavy atom. The number of fused-ring (bicyclic) bond motifs is 2. The molecule has 3 aromatic rings. The highest BCUT2D eigenvalue weighted by atomic mass is 35.5. The number of aliphatic hydroxyl groups is 1. The highest BCUT2D eigenvalue weighted by Crippen LogP contribution is 2.60. The van der Waals surface area contributed by atoms with E-state index in [1.807, 2.05) is 112 Å². The molecule has 0 aliphatic carbocycles. The summed E-state index contributed by atoms with van der Waals surface area (Å²) in [5.74, 6) is -2.40. The van der Waals surface area contributed by atoms with Crippen LogP contribution in [0, 0.1) is 18.8 Å². The lowest BCUT2D eigenvalue weighted by Crippen LogP contribution is -2.57. The van der Waals surface area contributed by atoms with Gasteiger partial charge in [-0.1, -0.05) is 85.3 Å². The van der Waals surface area contributed by atoms with Gasteiger partial charge in [0, 0.05) is 18.8 Å². The second-order valence-electron chi connectivity index (χ2n) is 13.0. The molecule has 0 aromatic heterocycles. The molecule has 49 heavy (non-hydrogen) atoms. The number of anilines is 2. The van der Waals surface area contributed by atoms with E-state index in [9.17, 15) is 9.90 Å². The first-order chi connectivity index (χ1) is 23.7. The van der Waals surface area contributed by atoms with Gasteiger partial charge in [0.05, 0.1) is 47.4 Å². The number of hydrogen-bond donors (Lipinski definition) is 1. The number of ether oxygens (including phenoxy) is 2. The standard InChI is InChI=1S/C39H40ClN3O6/c1-4-38-20-10-22-41(27-16-18-28(19-17-27)48-5-2)35(45)31(38)32-36(46)43(30(24-44)26-13-7-6-8-14-26)34-37(47)42(23-11-21-39(32,34)49-38)33-25(3)12-9-15-29(33)40/h6-21,30-32,34,44H,4-5,22-24H2,1-3H3/t30-,31-,32+,34?,38+,39+/m1/s1. The van der Waals surface area contributed by atoms with E-state index in [1.54, 1.807) is 15.9 Å². The van der Waals surface area contributed by atoms with E-state index >= 15 is 9.59 Å². The summed E-state index contributed by atoms with van der Waals surface area (Å²) in [6.45, 7) is 6.28. The van der Waals surface area contributed by atoms with E-state index in [-0.39, 0.29) is 19.0 Å². The predicted octanol–water partition coefficient (Wildman–Crippen LogP) is 5.65. The number of carbonyl (C=O) groups excluding carboxylic acids is 3. The van der Waals surface area contributed by atoms with Crippen LogP contribution in [0.2, 0.25) is 5.02 Å². The zero-order chi connectivity index (χ0) is 34.5. The van der Waals surface area contributed by atoms with Crippen molar-refractivity contribution in [2.24, 2.45) is 11.8 Å². The van der Waals surface area contributed by atoms with Crippen molar-refractivity contribution in [2.45, 2.75) is 50.5 Å². The number of aliphatic hydroxyl groups excluding tert-OH is 1.